The summed E-state index contributed by atoms with van der Waals surface area (Å²) in [5, 5.41) is 11.9. The Morgan fingerprint density at radius 2 is 2.04 bits per heavy atom. The maximum Gasteiger partial charge on any atom is 0.321 e. The van der Waals surface area contributed by atoms with Crippen molar-refractivity contribution in [1.29, 1.82) is 5.26 Å². The van der Waals surface area contributed by atoms with Crippen LogP contribution in [0.25, 0.3) is 11.3 Å². The number of likely N-dealkylation sites (tertiary alicyclic amines) is 1. The number of hydrogen-bond acceptors (Lipinski definition) is 3. The fourth-order valence-electron chi connectivity index (χ4n) is 2.91. The van der Waals surface area contributed by atoms with Crippen molar-refractivity contribution in [2.24, 2.45) is 5.92 Å². The Hall–Kier alpha value is -3.13. The van der Waals surface area contributed by atoms with Crippen molar-refractivity contribution in [3.63, 3.8) is 0 Å². The number of carbonyl (C=O) groups is 1. The molecule has 1 aromatic heterocycles. The number of pyridine rings is 1. The predicted molar refractivity (Wildman–Crippen MR) is 107 cm³/mol. The molecule has 5 nitrogen and oxygen atoms in total. The van der Waals surface area contributed by atoms with Gasteiger partial charge in [0.2, 0.25) is 0 Å². The van der Waals surface area contributed by atoms with Crippen molar-refractivity contribution in [2.75, 3.05) is 18.4 Å². The molecular weight excluding hydrogens is 324 g/mol. The molecular formula is C21H26N4O. The number of urea groups is 1. The topological polar surface area (TPSA) is 69.0 Å². The van der Waals surface area contributed by atoms with Crippen molar-refractivity contribution in [3.8, 4) is 17.3 Å². The normalized spacial score (nSPS) is 13.9. The minimum Gasteiger partial charge on any atom is -0.324 e. The van der Waals surface area contributed by atoms with Gasteiger partial charge in [-0.3, -0.25) is 4.98 Å². The van der Waals surface area contributed by atoms with Crippen LogP contribution in [0.1, 0.15) is 19.8 Å². The lowest BCUT2D eigenvalue weighted by molar-refractivity contribution is 0.192. The summed E-state index contributed by atoms with van der Waals surface area (Å²) in [5.74, 6) is 0.0733. The lowest BCUT2D eigenvalue weighted by Crippen LogP contribution is -2.40. The molecule has 0 aliphatic carbocycles. The molecule has 2 amide bonds. The molecule has 1 aliphatic heterocycles. The number of rotatable bonds is 2. The van der Waals surface area contributed by atoms with Gasteiger partial charge < -0.3 is 10.2 Å². The summed E-state index contributed by atoms with van der Waals surface area (Å²) in [5.41, 5.74) is 3.77. The first kappa shape index (κ1) is 19.2. The lowest BCUT2D eigenvalue weighted by Gasteiger charge is -2.29. The zero-order chi connectivity index (χ0) is 18.9. The number of nitrogens with one attached hydrogen (secondary N) is 1. The molecule has 5 heteroatoms. The van der Waals surface area contributed by atoms with Crippen molar-refractivity contribution < 1.29 is 6.22 Å². The van der Waals surface area contributed by atoms with Crippen LogP contribution < -0.4 is 5.32 Å². The SMILES string of the molecule is C=C.Cc1ccc(NC(=O)N2CCC(C#N)CC2)cc1-c1ccccn1.[HH]. The summed E-state index contributed by atoms with van der Waals surface area (Å²) >= 11 is 0. The van der Waals surface area contributed by atoms with Crippen LogP contribution in [0.3, 0.4) is 0 Å². The molecule has 2 heterocycles. The third kappa shape index (κ3) is 4.70. The Morgan fingerprint density at radius 3 is 2.65 bits per heavy atom. The number of nitriles is 1. The molecule has 0 bridgehead atoms. The van der Waals surface area contributed by atoms with E-state index in [1.165, 1.54) is 0 Å². The zero-order valence-electron chi connectivity index (χ0n) is 15.1. The summed E-state index contributed by atoms with van der Waals surface area (Å²) in [6, 6.07) is 13.8. The number of hydrogen-bond donors (Lipinski definition) is 1. The maximum absolute atomic E-state index is 12.4. The Morgan fingerprint density at radius 1 is 1.31 bits per heavy atom. The first-order valence-electron chi connectivity index (χ1n) is 8.65. The van der Waals surface area contributed by atoms with E-state index in [1.54, 1.807) is 11.1 Å². The van der Waals surface area contributed by atoms with Gasteiger partial charge in [-0.1, -0.05) is 12.1 Å². The van der Waals surface area contributed by atoms with Crippen LogP contribution in [0.15, 0.2) is 55.8 Å². The fourth-order valence-corrected chi connectivity index (χ4v) is 2.91. The van der Waals surface area contributed by atoms with Gasteiger partial charge in [-0.15, -0.1) is 13.2 Å². The standard InChI is InChI=1S/C19H20N4O.C2H4.H2/c1-14-5-6-16(12-17(14)18-4-2-3-9-21-18)22-19(24)23-10-7-15(13-20)8-11-23;1-2;/h2-6,9,12,15H,7-8,10-11H2,1H3,(H,22,24);1-2H2;1H. The average Bonchev–Trinajstić information content (AvgIpc) is 2.71. The van der Waals surface area contributed by atoms with Gasteiger partial charge >= 0.3 is 6.03 Å². The van der Waals surface area contributed by atoms with Crippen molar-refractivity contribution in [2.45, 2.75) is 19.8 Å². The molecule has 26 heavy (non-hydrogen) atoms. The summed E-state index contributed by atoms with van der Waals surface area (Å²) in [7, 11) is 0. The number of aryl methyl sites for hydroxylation is 1. The van der Waals surface area contributed by atoms with E-state index in [-0.39, 0.29) is 13.4 Å². The highest BCUT2D eigenvalue weighted by molar-refractivity contribution is 5.90. The Balaban J connectivity index is 0.00000118. The lowest BCUT2D eigenvalue weighted by atomic mass is 9.99. The van der Waals surface area contributed by atoms with E-state index in [0.717, 1.165) is 35.3 Å². The second kappa shape index (κ2) is 9.38. The molecule has 0 spiro atoms. The smallest absolute Gasteiger partial charge is 0.321 e. The molecule has 2 aromatic rings. The molecule has 136 valence electrons. The van der Waals surface area contributed by atoms with E-state index in [0.29, 0.717) is 13.1 Å². The van der Waals surface area contributed by atoms with E-state index in [2.05, 4.69) is 29.5 Å². The first-order valence-corrected chi connectivity index (χ1v) is 8.65. The molecule has 0 unspecified atom stereocenters. The van der Waals surface area contributed by atoms with Gasteiger partial charge in [0.15, 0.2) is 0 Å². The van der Waals surface area contributed by atoms with Crippen LogP contribution in [0.4, 0.5) is 10.5 Å². The van der Waals surface area contributed by atoms with Crippen molar-refractivity contribution in [3.05, 3.63) is 61.3 Å². The number of nitrogens with zero attached hydrogens (tertiary/aromatic N) is 3. The summed E-state index contributed by atoms with van der Waals surface area (Å²) in [4.78, 5) is 18.6. The maximum atomic E-state index is 12.4. The van der Waals surface area contributed by atoms with Crippen LogP contribution >= 0.6 is 0 Å². The Labute approximate surface area is 156 Å². The molecule has 0 saturated carbocycles. The number of aromatic nitrogens is 1. The molecule has 1 aliphatic rings. The number of piperidine rings is 1. The minimum atomic E-state index is -0.109. The monoisotopic (exact) mass is 350 g/mol. The van der Waals surface area contributed by atoms with E-state index in [9.17, 15) is 4.79 Å². The first-order chi connectivity index (χ1) is 12.7. The van der Waals surface area contributed by atoms with E-state index >= 15 is 0 Å². The number of anilines is 1. The molecule has 0 atom stereocenters. The highest BCUT2D eigenvalue weighted by atomic mass is 16.2. The van der Waals surface area contributed by atoms with Gasteiger partial charge in [0.1, 0.15) is 0 Å². The molecule has 1 saturated heterocycles. The molecule has 1 aromatic carbocycles. The van der Waals surface area contributed by atoms with Gasteiger partial charge in [-0.25, -0.2) is 4.79 Å². The Kier molecular flexibility index (Phi) is 6.92. The van der Waals surface area contributed by atoms with Crippen LogP contribution in [0, 0.1) is 24.2 Å². The molecule has 1 fully saturated rings. The fraction of sp³-hybridized carbons (Fsp3) is 0.286. The number of amides is 2. The van der Waals surface area contributed by atoms with Gasteiger partial charge in [-0.2, -0.15) is 5.26 Å². The van der Waals surface area contributed by atoms with Crippen LogP contribution in [0.5, 0.6) is 0 Å². The van der Waals surface area contributed by atoms with Gasteiger partial charge in [-0.05, 0) is 49.6 Å². The van der Waals surface area contributed by atoms with Gasteiger partial charge in [0.25, 0.3) is 0 Å². The van der Waals surface area contributed by atoms with Crippen LogP contribution in [0.2, 0.25) is 0 Å². The van der Waals surface area contributed by atoms with Crippen LogP contribution in [-0.2, 0) is 0 Å². The second-order valence-corrected chi connectivity index (χ2v) is 6.07. The molecule has 1 N–H and O–H groups in total. The van der Waals surface area contributed by atoms with Gasteiger partial charge in [0, 0.05) is 37.9 Å². The van der Waals surface area contributed by atoms with E-state index < -0.39 is 0 Å². The summed E-state index contributed by atoms with van der Waals surface area (Å²) < 4.78 is 0. The Bertz CT molecular complexity index is 781. The van der Waals surface area contributed by atoms with E-state index in [1.807, 2.05) is 43.3 Å². The predicted octanol–water partition coefficient (Wildman–Crippen LogP) is 4.87. The summed E-state index contributed by atoms with van der Waals surface area (Å²) in [6.07, 6.45) is 3.26. The minimum absolute atomic E-state index is 0. The average molecular weight is 350 g/mol. The van der Waals surface area contributed by atoms with E-state index in [4.69, 9.17) is 5.26 Å². The highest BCUT2D eigenvalue weighted by Gasteiger charge is 2.22. The summed E-state index contributed by atoms with van der Waals surface area (Å²) in [6.45, 7) is 9.29. The highest BCUT2D eigenvalue weighted by Crippen LogP contribution is 2.25. The zero-order valence-corrected chi connectivity index (χ0v) is 15.1. The third-order valence-corrected chi connectivity index (χ3v) is 4.39. The van der Waals surface area contributed by atoms with Crippen molar-refractivity contribution in [1.82, 2.24) is 9.88 Å². The van der Waals surface area contributed by atoms with Crippen LogP contribution in [-0.4, -0.2) is 29.0 Å². The molecule has 0 radical (unpaired) electrons. The quantitative estimate of drug-likeness (QED) is 0.785. The number of benzene rings is 1. The third-order valence-electron chi connectivity index (χ3n) is 4.39. The molecule has 3 rings (SSSR count). The van der Waals surface area contributed by atoms with Crippen molar-refractivity contribution >= 4 is 11.7 Å². The second-order valence-electron chi connectivity index (χ2n) is 6.07. The largest absolute Gasteiger partial charge is 0.324 e. The number of carbonyl (C=O) groups excluding carboxylic acids is 1. The van der Waals surface area contributed by atoms with Gasteiger partial charge in [0.05, 0.1) is 11.8 Å².